The molecule has 27 heavy (non-hydrogen) atoms. The monoisotopic (exact) mass is 389 g/mol. The smallest absolute Gasteiger partial charge is 0.335 e. The molecule has 2 aromatic carbocycles. The van der Waals surface area contributed by atoms with Crippen LogP contribution in [0.5, 0.6) is 0 Å². The summed E-state index contributed by atoms with van der Waals surface area (Å²) in [6.45, 7) is 4.09. The normalized spacial score (nSPS) is 11.8. The highest BCUT2D eigenvalue weighted by atomic mass is 32.2. The molecule has 2 N–H and O–H groups in total. The molecule has 2 rings (SSSR count). The van der Waals surface area contributed by atoms with E-state index >= 15 is 0 Å². The molecule has 7 heteroatoms. The minimum Gasteiger partial charge on any atom is -0.478 e. The van der Waals surface area contributed by atoms with Crippen molar-refractivity contribution in [3.63, 3.8) is 0 Å². The first-order valence-corrected chi connectivity index (χ1v) is 10.3. The predicted molar refractivity (Wildman–Crippen MR) is 104 cm³/mol. The maximum Gasteiger partial charge on any atom is 0.335 e. The largest absolute Gasteiger partial charge is 0.478 e. The molecule has 1 amide bonds. The Labute approximate surface area is 159 Å². The Morgan fingerprint density at radius 3 is 2.26 bits per heavy atom. The molecule has 2 aromatic rings. The predicted octanol–water partition coefficient (Wildman–Crippen LogP) is 3.48. The van der Waals surface area contributed by atoms with Crippen LogP contribution < -0.4 is 5.32 Å². The van der Waals surface area contributed by atoms with Gasteiger partial charge in [-0.25, -0.2) is 13.2 Å². The summed E-state index contributed by atoms with van der Waals surface area (Å²) in [6.07, 6.45) is 1.79. The molecule has 0 heterocycles. The van der Waals surface area contributed by atoms with Crippen LogP contribution in [0.3, 0.4) is 0 Å². The first kappa shape index (κ1) is 20.6. The molecule has 0 aliphatic carbocycles. The van der Waals surface area contributed by atoms with Crippen LogP contribution in [-0.4, -0.2) is 31.7 Å². The zero-order chi connectivity index (χ0) is 20.2. The second kappa shape index (κ2) is 7.92. The van der Waals surface area contributed by atoms with Gasteiger partial charge in [0.25, 0.3) is 0 Å². The first-order valence-electron chi connectivity index (χ1n) is 8.43. The number of aromatic carboxylic acids is 1. The number of hydrogen-bond donors (Lipinski definition) is 2. The quantitative estimate of drug-likeness (QED) is 0.755. The number of benzene rings is 2. The van der Waals surface area contributed by atoms with Crippen molar-refractivity contribution in [1.29, 1.82) is 0 Å². The highest BCUT2D eigenvalue weighted by Crippen LogP contribution is 2.28. The Hall–Kier alpha value is -2.67. The van der Waals surface area contributed by atoms with Gasteiger partial charge in [0.05, 0.1) is 10.5 Å². The molecule has 0 aliphatic heterocycles. The topological polar surface area (TPSA) is 101 Å². The number of hydrogen-bond acceptors (Lipinski definition) is 4. The minimum atomic E-state index is -3.60. The van der Waals surface area contributed by atoms with Gasteiger partial charge in [-0.2, -0.15) is 0 Å². The number of nitrogens with one attached hydrogen (secondary N) is 1. The van der Waals surface area contributed by atoms with E-state index in [2.05, 4.69) is 5.32 Å². The number of sulfone groups is 1. The molecule has 0 saturated carbocycles. The summed E-state index contributed by atoms with van der Waals surface area (Å²) in [5.41, 5.74) is 0.861. The van der Waals surface area contributed by atoms with E-state index in [0.717, 1.165) is 17.9 Å². The van der Waals surface area contributed by atoms with Gasteiger partial charge in [0.2, 0.25) is 5.91 Å². The molecule has 0 bridgehead atoms. The van der Waals surface area contributed by atoms with Gasteiger partial charge in [0, 0.05) is 18.4 Å². The van der Waals surface area contributed by atoms with Crippen molar-refractivity contribution >= 4 is 27.4 Å². The molecular formula is C20H23NO5S. The fraction of sp³-hybridized carbons (Fsp3) is 0.300. The highest BCUT2D eigenvalue weighted by Gasteiger charge is 2.22. The summed E-state index contributed by atoms with van der Waals surface area (Å²) in [5, 5.41) is 11.8. The zero-order valence-corrected chi connectivity index (χ0v) is 16.3. The zero-order valence-electron chi connectivity index (χ0n) is 15.5. The van der Waals surface area contributed by atoms with E-state index < -0.39 is 15.8 Å². The van der Waals surface area contributed by atoms with Crippen molar-refractivity contribution in [3.05, 3.63) is 59.7 Å². The fourth-order valence-corrected chi connectivity index (χ4v) is 3.37. The van der Waals surface area contributed by atoms with Gasteiger partial charge in [-0.3, -0.25) is 4.79 Å². The third-order valence-corrected chi connectivity index (χ3v) is 5.49. The van der Waals surface area contributed by atoms with Gasteiger partial charge in [-0.15, -0.1) is 0 Å². The SMILES string of the molecule is CC(C)(CCC(=O)Nc1cc(C(=O)O)cc(S(C)(=O)=O)c1)c1ccccc1. The van der Waals surface area contributed by atoms with Crippen molar-refractivity contribution in [3.8, 4) is 0 Å². The van der Waals surface area contributed by atoms with E-state index in [1.165, 1.54) is 12.1 Å². The van der Waals surface area contributed by atoms with E-state index in [1.54, 1.807) is 0 Å². The Kier molecular flexibility index (Phi) is 6.05. The second-order valence-corrected chi connectivity index (χ2v) is 9.14. The van der Waals surface area contributed by atoms with E-state index in [-0.39, 0.29) is 33.9 Å². The van der Waals surface area contributed by atoms with Crippen LogP contribution in [0.2, 0.25) is 0 Å². The van der Waals surface area contributed by atoms with Gasteiger partial charge in [0.15, 0.2) is 9.84 Å². The summed E-state index contributed by atoms with van der Waals surface area (Å²) >= 11 is 0. The lowest BCUT2D eigenvalue weighted by Crippen LogP contribution is -2.21. The lowest BCUT2D eigenvalue weighted by molar-refractivity contribution is -0.116. The second-order valence-electron chi connectivity index (χ2n) is 7.12. The number of carbonyl (C=O) groups is 2. The molecule has 144 valence electrons. The molecule has 0 spiro atoms. The van der Waals surface area contributed by atoms with Crippen LogP contribution in [-0.2, 0) is 20.0 Å². The van der Waals surface area contributed by atoms with Crippen molar-refractivity contribution in [2.75, 3.05) is 11.6 Å². The Balaban J connectivity index is 2.13. The molecule has 0 radical (unpaired) electrons. The third kappa shape index (κ3) is 5.65. The van der Waals surface area contributed by atoms with Gasteiger partial charge in [-0.1, -0.05) is 44.2 Å². The van der Waals surface area contributed by atoms with Crippen LogP contribution in [0, 0.1) is 0 Å². The minimum absolute atomic E-state index is 0.151. The van der Waals surface area contributed by atoms with Gasteiger partial charge in [0.1, 0.15) is 0 Å². The van der Waals surface area contributed by atoms with Crippen LogP contribution in [0.25, 0.3) is 0 Å². The molecule has 6 nitrogen and oxygen atoms in total. The first-order chi connectivity index (χ1) is 12.5. The Bertz CT molecular complexity index is 950. The fourth-order valence-electron chi connectivity index (χ4n) is 2.69. The lowest BCUT2D eigenvalue weighted by Gasteiger charge is -2.25. The van der Waals surface area contributed by atoms with Crippen molar-refractivity contribution in [2.24, 2.45) is 0 Å². The molecular weight excluding hydrogens is 366 g/mol. The number of carboxylic acid groups (broad SMARTS) is 1. The maximum absolute atomic E-state index is 12.3. The van der Waals surface area contributed by atoms with Crippen molar-refractivity contribution in [2.45, 2.75) is 37.0 Å². The average molecular weight is 389 g/mol. The summed E-state index contributed by atoms with van der Waals surface area (Å²) < 4.78 is 23.5. The van der Waals surface area contributed by atoms with Crippen LogP contribution in [0.1, 0.15) is 42.6 Å². The van der Waals surface area contributed by atoms with E-state index in [4.69, 9.17) is 5.11 Å². The van der Waals surface area contributed by atoms with Gasteiger partial charge >= 0.3 is 5.97 Å². The van der Waals surface area contributed by atoms with Crippen molar-refractivity contribution < 1.29 is 23.1 Å². The van der Waals surface area contributed by atoms with E-state index in [1.807, 2.05) is 44.2 Å². The van der Waals surface area contributed by atoms with Crippen molar-refractivity contribution in [1.82, 2.24) is 0 Å². The number of carboxylic acids is 1. The Morgan fingerprint density at radius 1 is 1.07 bits per heavy atom. The summed E-state index contributed by atoms with van der Waals surface area (Å²) in [6, 6.07) is 13.4. The maximum atomic E-state index is 12.3. The summed E-state index contributed by atoms with van der Waals surface area (Å²) in [4.78, 5) is 23.4. The summed E-state index contributed by atoms with van der Waals surface area (Å²) in [7, 11) is -3.60. The molecule has 0 aromatic heterocycles. The standard InChI is InChI=1S/C20H23NO5S/c1-20(2,15-7-5-4-6-8-15)10-9-18(22)21-16-11-14(19(23)24)12-17(13-16)27(3,25)26/h4-8,11-13H,9-10H2,1-3H3,(H,21,22)(H,23,24). The molecule has 0 saturated heterocycles. The number of amides is 1. The van der Waals surface area contributed by atoms with Gasteiger partial charge in [-0.05, 0) is 35.6 Å². The van der Waals surface area contributed by atoms with Crippen LogP contribution in [0.4, 0.5) is 5.69 Å². The van der Waals surface area contributed by atoms with E-state index in [9.17, 15) is 18.0 Å². The number of carbonyl (C=O) groups excluding carboxylic acids is 1. The number of rotatable bonds is 7. The highest BCUT2D eigenvalue weighted by molar-refractivity contribution is 7.90. The lowest BCUT2D eigenvalue weighted by atomic mass is 9.80. The molecule has 0 unspecified atom stereocenters. The molecule has 0 atom stereocenters. The molecule has 0 fully saturated rings. The van der Waals surface area contributed by atoms with Gasteiger partial charge < -0.3 is 10.4 Å². The summed E-state index contributed by atoms with van der Waals surface area (Å²) in [5.74, 6) is -1.57. The average Bonchev–Trinajstić information content (AvgIpc) is 2.60. The van der Waals surface area contributed by atoms with E-state index in [0.29, 0.717) is 6.42 Å². The number of anilines is 1. The van der Waals surface area contributed by atoms with Crippen LogP contribution >= 0.6 is 0 Å². The van der Waals surface area contributed by atoms with Crippen LogP contribution in [0.15, 0.2) is 53.4 Å². The Morgan fingerprint density at radius 2 is 1.70 bits per heavy atom. The molecule has 0 aliphatic rings. The third-order valence-electron chi connectivity index (χ3n) is 4.40.